The maximum Gasteiger partial charge on any atom is 0.223 e. The SMILES string of the molecule is O=C(CC1CCNCC1)N(Cc1cccc(F)c1)C1CC1. The van der Waals surface area contributed by atoms with Crippen molar-refractivity contribution in [3.63, 3.8) is 0 Å². The van der Waals surface area contributed by atoms with Crippen LogP contribution < -0.4 is 5.32 Å². The zero-order valence-corrected chi connectivity index (χ0v) is 12.4. The van der Waals surface area contributed by atoms with Gasteiger partial charge in [-0.2, -0.15) is 0 Å². The van der Waals surface area contributed by atoms with Crippen LogP contribution in [0.4, 0.5) is 4.39 Å². The average Bonchev–Trinajstić information content (AvgIpc) is 3.30. The van der Waals surface area contributed by atoms with Crippen LogP contribution >= 0.6 is 0 Å². The predicted molar refractivity (Wildman–Crippen MR) is 80.2 cm³/mol. The van der Waals surface area contributed by atoms with Crippen LogP contribution in [0.25, 0.3) is 0 Å². The van der Waals surface area contributed by atoms with Gasteiger partial charge in [-0.3, -0.25) is 4.79 Å². The van der Waals surface area contributed by atoms with Gasteiger partial charge in [-0.25, -0.2) is 4.39 Å². The van der Waals surface area contributed by atoms with Crippen molar-refractivity contribution in [1.29, 1.82) is 0 Å². The van der Waals surface area contributed by atoms with Gasteiger partial charge in [-0.15, -0.1) is 0 Å². The molecule has 0 atom stereocenters. The average molecular weight is 290 g/mol. The molecule has 3 nitrogen and oxygen atoms in total. The first-order chi connectivity index (χ1) is 10.2. The lowest BCUT2D eigenvalue weighted by molar-refractivity contribution is -0.133. The Hall–Kier alpha value is -1.42. The smallest absolute Gasteiger partial charge is 0.223 e. The van der Waals surface area contributed by atoms with E-state index in [0.717, 1.165) is 44.3 Å². The van der Waals surface area contributed by atoms with Crippen LogP contribution in [0.2, 0.25) is 0 Å². The van der Waals surface area contributed by atoms with E-state index in [9.17, 15) is 9.18 Å². The van der Waals surface area contributed by atoms with Crippen molar-refractivity contribution in [2.45, 2.75) is 44.7 Å². The highest BCUT2D eigenvalue weighted by molar-refractivity contribution is 5.77. The van der Waals surface area contributed by atoms with Crippen LogP contribution in [0, 0.1) is 11.7 Å². The van der Waals surface area contributed by atoms with E-state index in [1.54, 1.807) is 6.07 Å². The van der Waals surface area contributed by atoms with E-state index in [-0.39, 0.29) is 11.7 Å². The summed E-state index contributed by atoms with van der Waals surface area (Å²) in [4.78, 5) is 14.6. The fraction of sp³-hybridized carbons (Fsp3) is 0.588. The number of amides is 1. The van der Waals surface area contributed by atoms with Gasteiger partial charge in [0, 0.05) is 19.0 Å². The molecule has 0 unspecified atom stereocenters. The van der Waals surface area contributed by atoms with Gasteiger partial charge < -0.3 is 10.2 Å². The fourth-order valence-electron chi connectivity index (χ4n) is 3.09. The van der Waals surface area contributed by atoms with Crippen LogP contribution in [-0.4, -0.2) is 29.9 Å². The third kappa shape index (κ3) is 4.03. The molecule has 0 radical (unpaired) electrons. The molecule has 1 aromatic carbocycles. The van der Waals surface area contributed by atoms with Gasteiger partial charge in [-0.05, 0) is 62.4 Å². The number of carbonyl (C=O) groups is 1. The molecule has 0 aromatic heterocycles. The number of halogens is 1. The van der Waals surface area contributed by atoms with Crippen LogP contribution in [0.15, 0.2) is 24.3 Å². The molecule has 1 saturated heterocycles. The Morgan fingerprint density at radius 1 is 1.24 bits per heavy atom. The molecular formula is C17H23FN2O. The number of hydrogen-bond donors (Lipinski definition) is 1. The van der Waals surface area contributed by atoms with E-state index in [1.165, 1.54) is 12.1 Å². The summed E-state index contributed by atoms with van der Waals surface area (Å²) in [5, 5.41) is 3.33. The number of piperidine rings is 1. The lowest BCUT2D eigenvalue weighted by Crippen LogP contribution is -2.36. The summed E-state index contributed by atoms with van der Waals surface area (Å²) >= 11 is 0. The van der Waals surface area contributed by atoms with Gasteiger partial charge in [0.25, 0.3) is 0 Å². The molecule has 4 heteroatoms. The number of carbonyl (C=O) groups excluding carboxylic acids is 1. The van der Waals surface area contributed by atoms with Crippen molar-refractivity contribution in [3.05, 3.63) is 35.6 Å². The van der Waals surface area contributed by atoms with E-state index >= 15 is 0 Å². The number of hydrogen-bond acceptors (Lipinski definition) is 2. The third-order valence-corrected chi connectivity index (χ3v) is 4.47. The highest BCUT2D eigenvalue weighted by Gasteiger charge is 2.33. The summed E-state index contributed by atoms with van der Waals surface area (Å²) in [6.45, 7) is 2.59. The standard InChI is InChI=1S/C17H23FN2O/c18-15-3-1-2-14(10-15)12-20(16-4-5-16)17(21)11-13-6-8-19-9-7-13/h1-3,10,13,16,19H,4-9,11-12H2. The number of nitrogens with one attached hydrogen (secondary N) is 1. The summed E-state index contributed by atoms with van der Waals surface area (Å²) in [5.74, 6) is 0.523. The third-order valence-electron chi connectivity index (χ3n) is 4.47. The summed E-state index contributed by atoms with van der Waals surface area (Å²) in [6, 6.07) is 6.97. The second-order valence-corrected chi connectivity index (χ2v) is 6.28. The van der Waals surface area contributed by atoms with Crippen LogP contribution in [-0.2, 0) is 11.3 Å². The lowest BCUT2D eigenvalue weighted by Gasteiger charge is -2.27. The summed E-state index contributed by atoms with van der Waals surface area (Å²) in [6.07, 6.45) is 5.00. The zero-order chi connectivity index (χ0) is 14.7. The van der Waals surface area contributed by atoms with E-state index in [0.29, 0.717) is 24.9 Å². The van der Waals surface area contributed by atoms with E-state index in [1.807, 2.05) is 11.0 Å². The maximum atomic E-state index is 13.3. The molecule has 1 aromatic rings. The van der Waals surface area contributed by atoms with Crippen molar-refractivity contribution in [2.24, 2.45) is 5.92 Å². The van der Waals surface area contributed by atoms with E-state index in [2.05, 4.69) is 5.32 Å². The maximum absolute atomic E-state index is 13.3. The zero-order valence-electron chi connectivity index (χ0n) is 12.4. The molecule has 1 N–H and O–H groups in total. The predicted octanol–water partition coefficient (Wildman–Crippen LogP) is 2.71. The van der Waals surface area contributed by atoms with Gasteiger partial charge >= 0.3 is 0 Å². The van der Waals surface area contributed by atoms with Crippen molar-refractivity contribution in [2.75, 3.05) is 13.1 Å². The summed E-state index contributed by atoms with van der Waals surface area (Å²) < 4.78 is 13.3. The molecule has 1 saturated carbocycles. The Balaban J connectivity index is 1.62. The minimum absolute atomic E-state index is 0.228. The fourth-order valence-corrected chi connectivity index (χ4v) is 3.09. The molecule has 3 rings (SSSR count). The van der Waals surface area contributed by atoms with Gasteiger partial charge in [-0.1, -0.05) is 12.1 Å². The van der Waals surface area contributed by atoms with Gasteiger partial charge in [0.15, 0.2) is 0 Å². The summed E-state index contributed by atoms with van der Waals surface area (Å²) in [5.41, 5.74) is 0.889. The molecular weight excluding hydrogens is 267 g/mol. The molecule has 1 aliphatic carbocycles. The summed E-state index contributed by atoms with van der Waals surface area (Å²) in [7, 11) is 0. The second-order valence-electron chi connectivity index (χ2n) is 6.28. The lowest BCUT2D eigenvalue weighted by atomic mass is 9.94. The van der Waals surface area contributed by atoms with Gasteiger partial charge in [0.2, 0.25) is 5.91 Å². The largest absolute Gasteiger partial charge is 0.335 e. The monoisotopic (exact) mass is 290 g/mol. The van der Waals surface area contributed by atoms with Gasteiger partial charge in [0.05, 0.1) is 0 Å². The molecule has 1 heterocycles. The van der Waals surface area contributed by atoms with Crippen molar-refractivity contribution < 1.29 is 9.18 Å². The quantitative estimate of drug-likeness (QED) is 0.904. The van der Waals surface area contributed by atoms with Crippen molar-refractivity contribution in [3.8, 4) is 0 Å². The molecule has 1 amide bonds. The molecule has 21 heavy (non-hydrogen) atoms. The Bertz CT molecular complexity index is 495. The minimum Gasteiger partial charge on any atom is -0.335 e. The van der Waals surface area contributed by atoms with E-state index in [4.69, 9.17) is 0 Å². The second kappa shape index (κ2) is 6.56. The van der Waals surface area contributed by atoms with E-state index < -0.39 is 0 Å². The normalized spacial score (nSPS) is 19.5. The topological polar surface area (TPSA) is 32.3 Å². The first-order valence-corrected chi connectivity index (χ1v) is 7.97. The molecule has 114 valence electrons. The first-order valence-electron chi connectivity index (χ1n) is 7.97. The number of nitrogens with zero attached hydrogens (tertiary/aromatic N) is 1. The van der Waals surface area contributed by atoms with Crippen molar-refractivity contribution in [1.82, 2.24) is 10.2 Å². The molecule has 1 aliphatic heterocycles. The Kier molecular flexibility index (Phi) is 4.54. The first kappa shape index (κ1) is 14.5. The Labute approximate surface area is 125 Å². The minimum atomic E-state index is -0.228. The number of benzene rings is 1. The molecule has 2 aliphatic rings. The highest BCUT2D eigenvalue weighted by atomic mass is 19.1. The highest BCUT2D eigenvalue weighted by Crippen LogP contribution is 2.30. The molecule has 0 bridgehead atoms. The number of rotatable bonds is 5. The Morgan fingerprint density at radius 3 is 2.67 bits per heavy atom. The molecule has 0 spiro atoms. The van der Waals surface area contributed by atoms with Crippen LogP contribution in [0.5, 0.6) is 0 Å². The van der Waals surface area contributed by atoms with Gasteiger partial charge in [0.1, 0.15) is 5.82 Å². The molecule has 2 fully saturated rings. The Morgan fingerprint density at radius 2 is 2.00 bits per heavy atom. The van der Waals surface area contributed by atoms with Crippen molar-refractivity contribution >= 4 is 5.91 Å². The van der Waals surface area contributed by atoms with Crippen LogP contribution in [0.3, 0.4) is 0 Å². The van der Waals surface area contributed by atoms with Crippen LogP contribution in [0.1, 0.15) is 37.7 Å².